The molecule has 0 aliphatic carbocycles. The van der Waals surface area contributed by atoms with E-state index in [1.807, 2.05) is 30.3 Å². The van der Waals surface area contributed by atoms with Gasteiger partial charge in [-0.25, -0.2) is 15.0 Å². The summed E-state index contributed by atoms with van der Waals surface area (Å²) in [6.07, 6.45) is 0. The van der Waals surface area contributed by atoms with E-state index in [9.17, 15) is 6.85 Å². The van der Waals surface area contributed by atoms with Crippen LogP contribution in [0.5, 0.6) is 0 Å². The molecule has 0 saturated heterocycles. The van der Waals surface area contributed by atoms with Crippen molar-refractivity contribution >= 4 is 43.7 Å². The van der Waals surface area contributed by atoms with E-state index in [0.29, 0.717) is 22.3 Å². The molecule has 0 saturated carbocycles. The van der Waals surface area contributed by atoms with Crippen LogP contribution in [0.15, 0.2) is 174 Å². The maximum absolute atomic E-state index is 9.78. The van der Waals surface area contributed by atoms with Crippen molar-refractivity contribution in [2.45, 2.75) is 0 Å². The van der Waals surface area contributed by atoms with Crippen LogP contribution in [0.4, 0.5) is 0 Å². The predicted octanol–water partition coefficient (Wildman–Crippen LogP) is 11.5. The fourth-order valence-corrected chi connectivity index (χ4v) is 5.97. The minimum absolute atomic E-state index is 0.110. The maximum Gasteiger partial charge on any atom is 0.164 e. The Bertz CT molecular complexity index is 3740. The van der Waals surface area contributed by atoms with Crippen LogP contribution in [0.3, 0.4) is 0 Å². The molecule has 0 bridgehead atoms. The Morgan fingerprint density at radius 1 is 0.440 bits per heavy atom. The molecule has 234 valence electrons. The number of furan rings is 1. The van der Waals surface area contributed by atoms with Gasteiger partial charge in [-0.1, -0.05) is 115 Å². The third-order valence-electron chi connectivity index (χ3n) is 8.27. The highest BCUT2D eigenvalue weighted by atomic mass is 16.3. The molecule has 50 heavy (non-hydrogen) atoms. The molecule has 0 spiro atoms. The molecular weight excluding hydrogens is 613 g/mol. The Balaban J connectivity index is 1.29. The molecule has 5 heteroatoms. The molecule has 0 amide bonds. The van der Waals surface area contributed by atoms with Crippen molar-refractivity contribution in [3.8, 4) is 51.0 Å². The highest BCUT2D eigenvalue weighted by molar-refractivity contribution is 6.10. The Kier molecular flexibility index (Phi) is 3.76. The van der Waals surface area contributed by atoms with Crippen molar-refractivity contribution in [1.82, 2.24) is 19.5 Å². The van der Waals surface area contributed by atoms with Crippen LogP contribution in [-0.2, 0) is 0 Å². The second kappa shape index (κ2) is 11.4. The molecule has 0 aliphatic heterocycles. The smallest absolute Gasteiger partial charge is 0.164 e. The first-order chi connectivity index (χ1) is 31.4. The van der Waals surface area contributed by atoms with Crippen LogP contribution < -0.4 is 0 Å². The van der Waals surface area contributed by atoms with Crippen molar-refractivity contribution in [3.63, 3.8) is 0 Å². The average molecular weight is 657 g/mol. The molecular formula is C45H28N4O. The van der Waals surface area contributed by atoms with Crippen molar-refractivity contribution in [2.75, 3.05) is 0 Å². The third kappa shape index (κ3) is 4.67. The summed E-state index contributed by atoms with van der Waals surface area (Å²) in [4.78, 5) is 14.2. The quantitative estimate of drug-likeness (QED) is 0.185. The lowest BCUT2D eigenvalue weighted by Crippen LogP contribution is -2.00. The fourth-order valence-electron chi connectivity index (χ4n) is 5.97. The lowest BCUT2D eigenvalue weighted by Gasteiger charge is -2.10. The van der Waals surface area contributed by atoms with Gasteiger partial charge in [0, 0.05) is 43.9 Å². The van der Waals surface area contributed by atoms with Crippen LogP contribution in [0.1, 0.15) is 21.9 Å². The normalized spacial score (nSPS) is 16.1. The number of nitrogens with zero attached hydrogens (tertiary/aromatic N) is 4. The summed E-state index contributed by atoms with van der Waals surface area (Å²) in [5, 5.41) is 1.08. The van der Waals surface area contributed by atoms with E-state index in [-0.39, 0.29) is 33.8 Å². The van der Waals surface area contributed by atoms with Gasteiger partial charge in [-0.05, 0) is 65.6 Å². The van der Waals surface area contributed by atoms with Crippen molar-refractivity contribution in [2.24, 2.45) is 0 Å². The number of hydrogen-bond donors (Lipinski definition) is 0. The molecule has 3 aromatic heterocycles. The van der Waals surface area contributed by atoms with Crippen LogP contribution in [0, 0.1) is 0 Å². The number of para-hydroxylation sites is 2. The topological polar surface area (TPSA) is 56.7 Å². The SMILES string of the molecule is [2H]c1c([2H])c([2H])c(-c2c([2H])c([2H])c(-n3c4c([2H])c([2H])c([2H])c([2H])c4c4c([2H])c(-c5nc(-c6ccccc6)nc(-c6ccc7c(c6)oc6ccccc67)n5)c([2H])c([2H])c43)c([2H])c2[2H])c([2H])c1[2H]. The van der Waals surface area contributed by atoms with Gasteiger partial charge >= 0.3 is 0 Å². The summed E-state index contributed by atoms with van der Waals surface area (Å²) in [5.41, 5.74) is -0.865. The average Bonchev–Trinajstić information content (AvgIpc) is 3.88. The molecule has 0 radical (unpaired) electrons. The van der Waals surface area contributed by atoms with Gasteiger partial charge in [0.05, 0.1) is 33.0 Å². The highest BCUT2D eigenvalue weighted by Crippen LogP contribution is 2.36. The Hall–Kier alpha value is -6.85. The summed E-state index contributed by atoms with van der Waals surface area (Å²) < 4.78 is 149. The first kappa shape index (κ1) is 16.5. The third-order valence-corrected chi connectivity index (χ3v) is 8.27. The standard InChI is InChI=1S/C45H28N4O/c1-3-11-29(12-4-1)30-19-23-34(24-20-30)49-39-17-9-7-15-35(39)38-27-32(22-26-40(38)49)44-46-43(31-13-5-2-6-14-31)47-45(48-44)33-21-25-37-36-16-8-10-18-41(36)50-42(37)28-33/h1-28H/i1D,3D,4D,7D,9D,11D,12D,15D,17D,19D,20D,22D,23D,24D,26D,27D. The molecule has 10 aromatic rings. The van der Waals surface area contributed by atoms with Gasteiger partial charge in [0.2, 0.25) is 0 Å². The van der Waals surface area contributed by atoms with Crippen LogP contribution in [0.2, 0.25) is 0 Å². The lowest BCUT2D eigenvalue weighted by atomic mass is 10.1. The number of aromatic nitrogens is 4. The van der Waals surface area contributed by atoms with Crippen molar-refractivity contribution < 1.29 is 26.3 Å². The van der Waals surface area contributed by atoms with E-state index in [2.05, 4.69) is 0 Å². The van der Waals surface area contributed by atoms with Crippen molar-refractivity contribution in [3.05, 3.63) is 169 Å². The summed E-state index contributed by atoms with van der Waals surface area (Å²) >= 11 is 0. The van der Waals surface area contributed by atoms with Gasteiger partial charge in [0.15, 0.2) is 17.5 Å². The summed E-state index contributed by atoms with van der Waals surface area (Å²) in [6, 6.07) is 9.60. The van der Waals surface area contributed by atoms with Gasteiger partial charge in [-0.15, -0.1) is 0 Å². The largest absolute Gasteiger partial charge is 0.456 e. The van der Waals surface area contributed by atoms with Gasteiger partial charge in [0.1, 0.15) is 11.2 Å². The second-order valence-electron chi connectivity index (χ2n) is 11.2. The number of fused-ring (bicyclic) bond motifs is 6. The summed E-state index contributed by atoms with van der Waals surface area (Å²) in [5.74, 6) is 0.0136. The Morgan fingerprint density at radius 3 is 1.92 bits per heavy atom. The monoisotopic (exact) mass is 656 g/mol. The Morgan fingerprint density at radius 2 is 1.08 bits per heavy atom. The summed E-state index contributed by atoms with van der Waals surface area (Å²) in [6.45, 7) is 0. The molecule has 0 fully saturated rings. The molecule has 0 atom stereocenters. The highest BCUT2D eigenvalue weighted by Gasteiger charge is 2.17. The molecule has 7 aromatic carbocycles. The van der Waals surface area contributed by atoms with Crippen LogP contribution >= 0.6 is 0 Å². The van der Waals surface area contributed by atoms with E-state index < -0.39 is 125 Å². The molecule has 0 N–H and O–H groups in total. The molecule has 5 nitrogen and oxygen atoms in total. The first-order valence-corrected chi connectivity index (χ1v) is 15.4. The van der Waals surface area contributed by atoms with E-state index in [1.165, 1.54) is 0 Å². The summed E-state index contributed by atoms with van der Waals surface area (Å²) in [7, 11) is 0. The van der Waals surface area contributed by atoms with E-state index in [0.717, 1.165) is 15.3 Å². The number of benzene rings is 7. The predicted molar refractivity (Wildman–Crippen MR) is 203 cm³/mol. The van der Waals surface area contributed by atoms with Crippen LogP contribution in [0.25, 0.3) is 94.7 Å². The zero-order chi connectivity index (χ0) is 46.9. The molecule has 0 unspecified atom stereocenters. The van der Waals surface area contributed by atoms with E-state index in [4.69, 9.17) is 34.4 Å². The second-order valence-corrected chi connectivity index (χ2v) is 11.2. The van der Waals surface area contributed by atoms with Gasteiger partial charge in [0.25, 0.3) is 0 Å². The fraction of sp³-hybridized carbons (Fsp3) is 0. The van der Waals surface area contributed by atoms with Gasteiger partial charge in [-0.2, -0.15) is 0 Å². The number of rotatable bonds is 5. The lowest BCUT2D eigenvalue weighted by molar-refractivity contribution is 0.669. The molecule has 3 heterocycles. The van der Waals surface area contributed by atoms with Crippen LogP contribution in [-0.4, -0.2) is 19.5 Å². The molecule has 10 rings (SSSR count). The zero-order valence-electron chi connectivity index (χ0n) is 41.6. The van der Waals surface area contributed by atoms with E-state index >= 15 is 0 Å². The van der Waals surface area contributed by atoms with Gasteiger partial charge in [-0.3, -0.25) is 0 Å². The molecule has 0 aliphatic rings. The maximum atomic E-state index is 9.78. The minimum atomic E-state index is -0.874. The number of hydrogen-bond acceptors (Lipinski definition) is 4. The van der Waals surface area contributed by atoms with Crippen molar-refractivity contribution in [1.29, 1.82) is 0 Å². The van der Waals surface area contributed by atoms with Gasteiger partial charge < -0.3 is 8.98 Å². The zero-order valence-corrected chi connectivity index (χ0v) is 25.6. The Labute approximate surface area is 310 Å². The first-order valence-electron chi connectivity index (χ1n) is 23.4. The minimum Gasteiger partial charge on any atom is -0.456 e. The van der Waals surface area contributed by atoms with E-state index in [1.54, 1.807) is 42.5 Å².